The lowest BCUT2D eigenvalue weighted by Gasteiger charge is -2.19. The topological polar surface area (TPSA) is 97.9 Å². The molecule has 2 heterocycles. The van der Waals surface area contributed by atoms with Gasteiger partial charge in [0, 0.05) is 17.3 Å². The van der Waals surface area contributed by atoms with E-state index in [1.165, 1.54) is 19.2 Å². The Bertz CT molecular complexity index is 899. The summed E-state index contributed by atoms with van der Waals surface area (Å²) in [5, 5.41) is 14.1. The van der Waals surface area contributed by atoms with Gasteiger partial charge in [-0.2, -0.15) is 0 Å². The van der Waals surface area contributed by atoms with E-state index in [9.17, 15) is 4.79 Å². The number of rotatable bonds is 5. The molecule has 2 N–H and O–H groups in total. The van der Waals surface area contributed by atoms with Crippen LogP contribution in [0.15, 0.2) is 47.6 Å². The van der Waals surface area contributed by atoms with E-state index >= 15 is 0 Å². The molecule has 1 atom stereocenters. The van der Waals surface area contributed by atoms with Crippen molar-refractivity contribution in [3.8, 4) is 11.3 Å². The van der Waals surface area contributed by atoms with Crippen LogP contribution in [0.2, 0.25) is 0 Å². The van der Waals surface area contributed by atoms with Crippen molar-refractivity contribution in [2.24, 2.45) is 0 Å². The molecule has 2 amide bonds. The molecular formula is C19H22N6O2. The largest absolute Gasteiger partial charge is 0.444 e. The molecule has 8 nitrogen and oxygen atoms in total. The Labute approximate surface area is 157 Å². The third kappa shape index (κ3) is 3.84. The Hall–Kier alpha value is -3.16. The van der Waals surface area contributed by atoms with Crippen LogP contribution in [0.3, 0.4) is 0 Å². The summed E-state index contributed by atoms with van der Waals surface area (Å²) >= 11 is 0. The third-order valence-electron chi connectivity index (χ3n) is 4.89. The fourth-order valence-corrected chi connectivity index (χ4v) is 3.56. The molecule has 1 saturated carbocycles. The van der Waals surface area contributed by atoms with E-state index < -0.39 is 0 Å². The van der Waals surface area contributed by atoms with Crippen LogP contribution in [0, 0.1) is 0 Å². The summed E-state index contributed by atoms with van der Waals surface area (Å²) < 4.78 is 7.40. The van der Waals surface area contributed by atoms with Crippen LogP contribution in [0.25, 0.3) is 11.3 Å². The Morgan fingerprint density at radius 1 is 1.33 bits per heavy atom. The summed E-state index contributed by atoms with van der Waals surface area (Å²) in [5.74, 6) is 1.43. The molecule has 1 unspecified atom stereocenters. The van der Waals surface area contributed by atoms with Crippen LogP contribution in [0.1, 0.15) is 50.5 Å². The lowest BCUT2D eigenvalue weighted by atomic mass is 10.1. The SMILES string of the molecule is CC(NC(=O)Nc1cccc(-c2cnco2)c1)c1nncn1C1CCCC1. The number of carbonyl (C=O) groups is 1. The summed E-state index contributed by atoms with van der Waals surface area (Å²) in [6, 6.07) is 7.31. The normalized spacial score (nSPS) is 15.6. The first kappa shape index (κ1) is 17.3. The quantitative estimate of drug-likeness (QED) is 0.713. The third-order valence-corrected chi connectivity index (χ3v) is 4.89. The fraction of sp³-hybridized carbons (Fsp3) is 0.368. The number of benzene rings is 1. The molecule has 27 heavy (non-hydrogen) atoms. The minimum absolute atomic E-state index is 0.245. The van der Waals surface area contributed by atoms with Crippen molar-refractivity contribution in [1.29, 1.82) is 0 Å². The maximum atomic E-state index is 12.4. The van der Waals surface area contributed by atoms with E-state index in [1.807, 2.05) is 31.2 Å². The molecule has 2 aromatic heterocycles. The summed E-state index contributed by atoms with van der Waals surface area (Å²) in [4.78, 5) is 16.3. The maximum Gasteiger partial charge on any atom is 0.319 e. The number of urea groups is 1. The second kappa shape index (κ2) is 7.61. The number of hydrogen-bond acceptors (Lipinski definition) is 5. The van der Waals surface area contributed by atoms with Gasteiger partial charge >= 0.3 is 6.03 Å². The minimum atomic E-state index is -0.293. The van der Waals surface area contributed by atoms with Crippen LogP contribution in [0.5, 0.6) is 0 Å². The fourth-order valence-electron chi connectivity index (χ4n) is 3.56. The number of anilines is 1. The molecule has 1 aromatic carbocycles. The molecule has 8 heteroatoms. The number of carbonyl (C=O) groups excluding carboxylic acids is 1. The zero-order chi connectivity index (χ0) is 18.6. The summed E-state index contributed by atoms with van der Waals surface area (Å²) in [6.45, 7) is 1.92. The van der Waals surface area contributed by atoms with Crippen LogP contribution >= 0.6 is 0 Å². The second-order valence-electron chi connectivity index (χ2n) is 6.80. The second-order valence-corrected chi connectivity index (χ2v) is 6.80. The van der Waals surface area contributed by atoms with Crippen molar-refractivity contribution in [1.82, 2.24) is 25.1 Å². The van der Waals surface area contributed by atoms with Gasteiger partial charge in [-0.1, -0.05) is 25.0 Å². The van der Waals surface area contributed by atoms with E-state index in [4.69, 9.17) is 4.42 Å². The van der Waals surface area contributed by atoms with Crippen LogP contribution in [0.4, 0.5) is 10.5 Å². The Balaban J connectivity index is 1.41. The van der Waals surface area contributed by atoms with Gasteiger partial charge in [0.05, 0.1) is 12.2 Å². The van der Waals surface area contributed by atoms with Crippen molar-refractivity contribution in [3.05, 3.63) is 49.0 Å². The highest BCUT2D eigenvalue weighted by molar-refractivity contribution is 5.90. The van der Waals surface area contributed by atoms with Gasteiger partial charge in [0.1, 0.15) is 6.33 Å². The highest BCUT2D eigenvalue weighted by atomic mass is 16.3. The van der Waals surface area contributed by atoms with Crippen LogP contribution in [-0.4, -0.2) is 25.8 Å². The molecule has 4 rings (SSSR count). The highest BCUT2D eigenvalue weighted by Crippen LogP contribution is 2.31. The molecule has 1 aliphatic carbocycles. The molecule has 1 aliphatic rings. The number of hydrogen-bond donors (Lipinski definition) is 2. The van der Waals surface area contributed by atoms with E-state index in [0.29, 0.717) is 17.5 Å². The summed E-state index contributed by atoms with van der Waals surface area (Å²) in [5.41, 5.74) is 1.52. The first-order valence-corrected chi connectivity index (χ1v) is 9.16. The molecule has 0 aliphatic heterocycles. The Kier molecular flexibility index (Phi) is 4.86. The zero-order valence-corrected chi connectivity index (χ0v) is 15.1. The van der Waals surface area contributed by atoms with Crippen LogP contribution in [-0.2, 0) is 0 Å². The molecule has 0 spiro atoms. The molecule has 0 bridgehead atoms. The van der Waals surface area contributed by atoms with E-state index in [0.717, 1.165) is 24.2 Å². The summed E-state index contributed by atoms with van der Waals surface area (Å²) in [7, 11) is 0. The number of nitrogens with one attached hydrogen (secondary N) is 2. The first-order valence-electron chi connectivity index (χ1n) is 9.16. The first-order chi connectivity index (χ1) is 13.2. The van der Waals surface area contributed by atoms with Crippen molar-refractivity contribution < 1.29 is 9.21 Å². The monoisotopic (exact) mass is 366 g/mol. The van der Waals surface area contributed by atoms with Crippen LogP contribution < -0.4 is 10.6 Å². The maximum absolute atomic E-state index is 12.4. The van der Waals surface area contributed by atoms with E-state index in [1.54, 1.807) is 12.5 Å². The average Bonchev–Trinajstić information content (AvgIpc) is 3.43. The van der Waals surface area contributed by atoms with E-state index in [2.05, 4.69) is 30.4 Å². The van der Waals surface area contributed by atoms with Gasteiger partial charge in [-0.3, -0.25) is 0 Å². The van der Waals surface area contributed by atoms with Crippen molar-refractivity contribution in [2.75, 3.05) is 5.32 Å². The van der Waals surface area contributed by atoms with E-state index in [-0.39, 0.29) is 12.1 Å². The van der Waals surface area contributed by atoms with Gasteiger partial charge in [-0.05, 0) is 31.9 Å². The Morgan fingerprint density at radius 2 is 2.19 bits per heavy atom. The molecule has 1 fully saturated rings. The smallest absolute Gasteiger partial charge is 0.319 e. The number of amides is 2. The number of oxazole rings is 1. The lowest BCUT2D eigenvalue weighted by molar-refractivity contribution is 0.248. The van der Waals surface area contributed by atoms with Gasteiger partial charge in [0.2, 0.25) is 0 Å². The molecule has 3 aromatic rings. The van der Waals surface area contributed by atoms with Gasteiger partial charge in [0.15, 0.2) is 18.0 Å². The zero-order valence-electron chi connectivity index (χ0n) is 15.1. The van der Waals surface area contributed by atoms with Crippen molar-refractivity contribution >= 4 is 11.7 Å². The van der Waals surface area contributed by atoms with Gasteiger partial charge in [0.25, 0.3) is 0 Å². The predicted octanol–water partition coefficient (Wildman–Crippen LogP) is 3.93. The summed E-state index contributed by atoms with van der Waals surface area (Å²) in [6.07, 6.45) is 9.51. The standard InChI is InChI=1S/C19H22N6O2/c1-13(18-24-21-11-25(18)16-7-2-3-8-16)22-19(26)23-15-6-4-5-14(9-15)17-10-20-12-27-17/h4-6,9-13,16H,2-3,7-8H2,1H3,(H2,22,23,26). The average molecular weight is 366 g/mol. The minimum Gasteiger partial charge on any atom is -0.444 e. The van der Waals surface area contributed by atoms with Gasteiger partial charge in [-0.25, -0.2) is 9.78 Å². The van der Waals surface area contributed by atoms with Gasteiger partial charge < -0.3 is 19.6 Å². The highest BCUT2D eigenvalue weighted by Gasteiger charge is 2.23. The van der Waals surface area contributed by atoms with Gasteiger partial charge in [-0.15, -0.1) is 10.2 Å². The Morgan fingerprint density at radius 3 is 2.96 bits per heavy atom. The van der Waals surface area contributed by atoms with Crippen molar-refractivity contribution in [2.45, 2.75) is 44.7 Å². The molecule has 0 saturated heterocycles. The predicted molar refractivity (Wildman–Crippen MR) is 100 cm³/mol. The van der Waals surface area contributed by atoms with Crippen molar-refractivity contribution in [3.63, 3.8) is 0 Å². The lowest BCUT2D eigenvalue weighted by Crippen LogP contribution is -2.32. The number of nitrogens with zero attached hydrogens (tertiary/aromatic N) is 4. The molecule has 0 radical (unpaired) electrons. The number of aromatic nitrogens is 4. The molecular weight excluding hydrogens is 344 g/mol. The molecule has 140 valence electrons.